The molecule has 0 spiro atoms. The highest BCUT2D eigenvalue weighted by atomic mass is 16.5. The highest BCUT2D eigenvalue weighted by Crippen LogP contribution is 2.17. The maximum absolute atomic E-state index is 5.01. The van der Waals surface area contributed by atoms with Gasteiger partial charge >= 0.3 is 6.01 Å². The first kappa shape index (κ1) is 8.44. The topological polar surface area (TPSA) is 47.0 Å². The van der Waals surface area contributed by atoms with E-state index in [-0.39, 0.29) is 0 Å². The first-order chi connectivity index (χ1) is 6.31. The summed E-state index contributed by atoms with van der Waals surface area (Å²) in [5, 5.41) is 3.27. The molecule has 2 rings (SSSR count). The molecule has 0 atom stereocenters. The lowest BCUT2D eigenvalue weighted by Crippen LogP contribution is -2.26. The smallest absolute Gasteiger partial charge is 0.316 e. The molecule has 0 aromatic carbocycles. The van der Waals surface area contributed by atoms with Crippen molar-refractivity contribution in [2.75, 3.05) is 13.7 Å². The molecule has 1 N–H and O–H groups in total. The Bertz CT molecular complexity index is 325. The van der Waals surface area contributed by atoms with Crippen LogP contribution in [0, 0.1) is 6.92 Å². The molecule has 1 aromatic heterocycles. The molecule has 1 aliphatic rings. The fraction of sp³-hybridized carbons (Fsp3) is 0.556. The number of nitrogens with zero attached hydrogens (tertiary/aromatic N) is 2. The van der Waals surface area contributed by atoms with Crippen LogP contribution in [0.15, 0.2) is 0 Å². The van der Waals surface area contributed by atoms with Gasteiger partial charge in [-0.15, -0.1) is 0 Å². The van der Waals surface area contributed by atoms with Gasteiger partial charge in [0.05, 0.1) is 12.8 Å². The zero-order chi connectivity index (χ0) is 9.26. The van der Waals surface area contributed by atoms with Crippen molar-refractivity contribution in [2.45, 2.75) is 19.9 Å². The summed E-state index contributed by atoms with van der Waals surface area (Å²) in [6.45, 7) is 3.85. The Balaban J connectivity index is 2.47. The molecule has 4 nitrogen and oxygen atoms in total. The van der Waals surface area contributed by atoms with Gasteiger partial charge in [-0.05, 0) is 25.5 Å². The Morgan fingerprint density at radius 2 is 2.23 bits per heavy atom. The molecule has 0 amide bonds. The Labute approximate surface area is 77.4 Å². The monoisotopic (exact) mass is 179 g/mol. The minimum absolute atomic E-state index is 0.472. The molecule has 0 unspecified atom stereocenters. The summed E-state index contributed by atoms with van der Waals surface area (Å²) in [5.74, 6) is 0. The van der Waals surface area contributed by atoms with Crippen molar-refractivity contribution >= 4 is 0 Å². The molecule has 13 heavy (non-hydrogen) atoms. The molecule has 1 aliphatic heterocycles. The van der Waals surface area contributed by atoms with Gasteiger partial charge in [0.15, 0.2) is 0 Å². The summed E-state index contributed by atoms with van der Waals surface area (Å²) in [5.41, 5.74) is 3.40. The fourth-order valence-electron chi connectivity index (χ4n) is 1.61. The van der Waals surface area contributed by atoms with E-state index in [1.807, 2.05) is 6.92 Å². The maximum Gasteiger partial charge on any atom is 0.316 e. The van der Waals surface area contributed by atoms with Crippen LogP contribution < -0.4 is 10.1 Å². The van der Waals surface area contributed by atoms with Crippen LogP contribution >= 0.6 is 0 Å². The summed E-state index contributed by atoms with van der Waals surface area (Å²) in [4.78, 5) is 8.54. The third-order valence-electron chi connectivity index (χ3n) is 2.31. The van der Waals surface area contributed by atoms with Gasteiger partial charge in [0.2, 0.25) is 0 Å². The van der Waals surface area contributed by atoms with E-state index in [1.165, 1.54) is 5.56 Å². The predicted octanol–water partition coefficient (Wildman–Crippen LogP) is 0.439. The summed E-state index contributed by atoms with van der Waals surface area (Å²) in [7, 11) is 1.59. The molecule has 1 aromatic rings. The third-order valence-corrected chi connectivity index (χ3v) is 2.31. The molecule has 2 heterocycles. The van der Waals surface area contributed by atoms with Gasteiger partial charge < -0.3 is 10.1 Å². The van der Waals surface area contributed by atoms with Gasteiger partial charge in [0.25, 0.3) is 0 Å². The summed E-state index contributed by atoms with van der Waals surface area (Å²) in [6, 6.07) is 0.472. The van der Waals surface area contributed by atoms with Crippen LogP contribution in [0.4, 0.5) is 0 Å². The molecule has 0 saturated heterocycles. The number of hydrogen-bond acceptors (Lipinski definition) is 4. The van der Waals surface area contributed by atoms with E-state index in [1.54, 1.807) is 7.11 Å². The van der Waals surface area contributed by atoms with E-state index >= 15 is 0 Å². The van der Waals surface area contributed by atoms with E-state index in [0.29, 0.717) is 6.01 Å². The second-order valence-electron chi connectivity index (χ2n) is 3.15. The highest BCUT2D eigenvalue weighted by molar-refractivity contribution is 5.28. The number of aromatic nitrogens is 2. The van der Waals surface area contributed by atoms with Crippen molar-refractivity contribution in [2.24, 2.45) is 0 Å². The predicted molar refractivity (Wildman–Crippen MR) is 48.7 cm³/mol. The summed E-state index contributed by atoms with van der Waals surface area (Å²) < 4.78 is 5.01. The number of fused-ring (bicyclic) bond motifs is 1. The van der Waals surface area contributed by atoms with E-state index in [2.05, 4.69) is 15.3 Å². The molecule has 0 bridgehead atoms. The molecule has 4 heteroatoms. The molecular formula is C9H13N3O. The van der Waals surface area contributed by atoms with Crippen molar-refractivity contribution in [1.82, 2.24) is 15.3 Å². The van der Waals surface area contributed by atoms with Crippen LogP contribution in [-0.4, -0.2) is 23.6 Å². The van der Waals surface area contributed by atoms with Gasteiger partial charge in [-0.1, -0.05) is 0 Å². The lowest BCUT2D eigenvalue weighted by Gasteiger charge is -2.17. The highest BCUT2D eigenvalue weighted by Gasteiger charge is 2.14. The quantitative estimate of drug-likeness (QED) is 0.679. The average Bonchev–Trinajstić information content (AvgIpc) is 2.18. The second-order valence-corrected chi connectivity index (χ2v) is 3.15. The number of aryl methyl sites for hydroxylation is 1. The van der Waals surface area contributed by atoms with Gasteiger partial charge in [0, 0.05) is 12.2 Å². The molecule has 0 radical (unpaired) electrons. The van der Waals surface area contributed by atoms with Crippen LogP contribution in [0.5, 0.6) is 6.01 Å². The second kappa shape index (κ2) is 3.30. The SMILES string of the molecule is COc1nc(C)c2c(n1)CNCC2. The third kappa shape index (κ3) is 1.49. The van der Waals surface area contributed by atoms with Crippen molar-refractivity contribution in [3.63, 3.8) is 0 Å². The van der Waals surface area contributed by atoms with Crippen LogP contribution in [-0.2, 0) is 13.0 Å². The Kier molecular flexibility index (Phi) is 2.14. The molecule has 0 saturated carbocycles. The minimum atomic E-state index is 0.472. The molecule has 0 fully saturated rings. The zero-order valence-electron chi connectivity index (χ0n) is 7.92. The van der Waals surface area contributed by atoms with Gasteiger partial charge in [-0.2, -0.15) is 4.98 Å². The van der Waals surface area contributed by atoms with Crippen LogP contribution in [0.1, 0.15) is 17.0 Å². The maximum atomic E-state index is 5.01. The standard InChI is InChI=1S/C9H13N3O/c1-6-7-3-4-10-5-8(7)12-9(11-6)13-2/h10H,3-5H2,1-2H3. The van der Waals surface area contributed by atoms with E-state index in [9.17, 15) is 0 Å². The Morgan fingerprint density at radius 3 is 3.00 bits per heavy atom. The largest absolute Gasteiger partial charge is 0.467 e. The number of rotatable bonds is 1. The van der Waals surface area contributed by atoms with Crippen LogP contribution in [0.2, 0.25) is 0 Å². The summed E-state index contributed by atoms with van der Waals surface area (Å²) in [6.07, 6.45) is 1.02. The van der Waals surface area contributed by atoms with Crippen molar-refractivity contribution in [1.29, 1.82) is 0 Å². The average molecular weight is 179 g/mol. The van der Waals surface area contributed by atoms with Crippen LogP contribution in [0.25, 0.3) is 0 Å². The lowest BCUT2D eigenvalue weighted by atomic mass is 10.1. The number of methoxy groups -OCH3 is 1. The first-order valence-electron chi connectivity index (χ1n) is 4.42. The number of ether oxygens (including phenoxy) is 1. The summed E-state index contributed by atoms with van der Waals surface area (Å²) >= 11 is 0. The van der Waals surface area contributed by atoms with Crippen LogP contribution in [0.3, 0.4) is 0 Å². The first-order valence-corrected chi connectivity index (χ1v) is 4.42. The van der Waals surface area contributed by atoms with Gasteiger partial charge in [-0.25, -0.2) is 4.98 Å². The van der Waals surface area contributed by atoms with Crippen molar-refractivity contribution < 1.29 is 4.74 Å². The Hall–Kier alpha value is -1.16. The zero-order valence-corrected chi connectivity index (χ0v) is 7.92. The minimum Gasteiger partial charge on any atom is -0.467 e. The van der Waals surface area contributed by atoms with E-state index in [4.69, 9.17) is 4.74 Å². The van der Waals surface area contributed by atoms with Gasteiger partial charge in [-0.3, -0.25) is 0 Å². The van der Waals surface area contributed by atoms with E-state index in [0.717, 1.165) is 30.9 Å². The molecule has 70 valence electrons. The number of hydrogen-bond donors (Lipinski definition) is 1. The normalized spacial score (nSPS) is 15.2. The lowest BCUT2D eigenvalue weighted by molar-refractivity contribution is 0.374. The Morgan fingerprint density at radius 1 is 1.38 bits per heavy atom. The van der Waals surface area contributed by atoms with Gasteiger partial charge in [0.1, 0.15) is 0 Å². The molecule has 0 aliphatic carbocycles. The fourth-order valence-corrected chi connectivity index (χ4v) is 1.61. The number of nitrogens with one attached hydrogen (secondary N) is 1. The molecular weight excluding hydrogens is 166 g/mol. The van der Waals surface area contributed by atoms with Crippen molar-refractivity contribution in [3.05, 3.63) is 17.0 Å². The van der Waals surface area contributed by atoms with Crippen molar-refractivity contribution in [3.8, 4) is 6.01 Å². The van der Waals surface area contributed by atoms with E-state index < -0.39 is 0 Å².